The molecule has 1 saturated carbocycles. The van der Waals surface area contributed by atoms with Crippen molar-refractivity contribution in [2.45, 2.75) is 52.9 Å². The van der Waals surface area contributed by atoms with Gasteiger partial charge in [-0.05, 0) is 18.8 Å². The van der Waals surface area contributed by atoms with Gasteiger partial charge in [-0.1, -0.05) is 33.6 Å². The lowest BCUT2D eigenvalue weighted by Crippen LogP contribution is -2.48. The summed E-state index contributed by atoms with van der Waals surface area (Å²) in [5, 5.41) is 11.2. The van der Waals surface area contributed by atoms with Gasteiger partial charge in [-0.15, -0.1) is 0 Å². The minimum atomic E-state index is -1.03. The first-order valence-electron chi connectivity index (χ1n) is 6.15. The second-order valence-electron chi connectivity index (χ2n) is 5.33. The first-order chi connectivity index (χ1) is 7.41. The Morgan fingerprint density at radius 3 is 2.31 bits per heavy atom. The summed E-state index contributed by atoms with van der Waals surface area (Å²) in [5.74, 6) is -0.960. The van der Waals surface area contributed by atoms with Crippen LogP contribution in [0.25, 0.3) is 0 Å². The topological polar surface area (TPSA) is 57.2 Å². The fourth-order valence-corrected chi connectivity index (χ4v) is 2.79. The summed E-state index contributed by atoms with van der Waals surface area (Å²) >= 11 is 0. The molecule has 0 spiro atoms. The van der Waals surface area contributed by atoms with Crippen molar-refractivity contribution in [3.05, 3.63) is 0 Å². The molecule has 0 aromatic heterocycles. The number of rotatable bonds is 4. The predicted molar refractivity (Wildman–Crippen MR) is 59.5 cm³/mol. The summed E-state index contributed by atoms with van der Waals surface area (Å²) in [7, 11) is 0. The Hall–Kier alpha value is -0.860. The average Bonchev–Trinajstić information content (AvgIpc) is 2.27. The third-order valence-electron chi connectivity index (χ3n) is 3.98. The minimum Gasteiger partial charge on any atom is -0.550 e. The van der Waals surface area contributed by atoms with E-state index < -0.39 is 11.4 Å². The fraction of sp³-hybridized carbons (Fsp3) is 0.846. The number of carbonyl (C=O) groups is 2. The first-order valence-corrected chi connectivity index (χ1v) is 6.15. The third kappa shape index (κ3) is 2.45. The van der Waals surface area contributed by atoms with E-state index in [9.17, 15) is 14.7 Å². The number of hydrogen-bond donors (Lipinski definition) is 0. The van der Waals surface area contributed by atoms with Crippen molar-refractivity contribution in [2.75, 3.05) is 0 Å². The second-order valence-corrected chi connectivity index (χ2v) is 5.33. The number of carboxylic acids is 1. The number of aliphatic carboxylic acids is 1. The molecule has 0 saturated heterocycles. The average molecular weight is 225 g/mol. The van der Waals surface area contributed by atoms with Gasteiger partial charge >= 0.3 is 0 Å². The largest absolute Gasteiger partial charge is 0.550 e. The summed E-state index contributed by atoms with van der Waals surface area (Å²) < 4.78 is 0. The molecule has 0 bridgehead atoms. The van der Waals surface area contributed by atoms with Gasteiger partial charge in [0.2, 0.25) is 0 Å². The van der Waals surface area contributed by atoms with Crippen molar-refractivity contribution >= 4 is 11.8 Å². The highest BCUT2D eigenvalue weighted by atomic mass is 16.4. The zero-order chi connectivity index (χ0) is 12.3. The van der Waals surface area contributed by atoms with Crippen LogP contribution in [0.3, 0.4) is 0 Å². The number of Topliss-reactive ketones (excluding diaryl/α,β-unsaturated/α-hetero) is 1. The van der Waals surface area contributed by atoms with E-state index in [4.69, 9.17) is 0 Å². The molecule has 3 nitrogen and oxygen atoms in total. The lowest BCUT2D eigenvalue weighted by Gasteiger charge is -2.42. The van der Waals surface area contributed by atoms with Crippen molar-refractivity contribution in [3.63, 3.8) is 0 Å². The van der Waals surface area contributed by atoms with Crippen LogP contribution in [0.5, 0.6) is 0 Å². The summed E-state index contributed by atoms with van der Waals surface area (Å²) in [6, 6.07) is 0. The highest BCUT2D eigenvalue weighted by molar-refractivity contribution is 5.82. The highest BCUT2D eigenvalue weighted by Gasteiger charge is 2.40. The Morgan fingerprint density at radius 1 is 1.25 bits per heavy atom. The molecule has 1 aliphatic carbocycles. The molecular weight excluding hydrogens is 204 g/mol. The van der Waals surface area contributed by atoms with Gasteiger partial charge in [-0.2, -0.15) is 0 Å². The highest BCUT2D eigenvalue weighted by Crippen LogP contribution is 2.42. The Balaban J connectivity index is 2.90. The van der Waals surface area contributed by atoms with E-state index in [2.05, 4.69) is 0 Å². The van der Waals surface area contributed by atoms with Crippen molar-refractivity contribution in [1.29, 1.82) is 0 Å². The van der Waals surface area contributed by atoms with Gasteiger partial charge in [0.1, 0.15) is 5.78 Å². The van der Waals surface area contributed by atoms with Gasteiger partial charge < -0.3 is 9.90 Å². The van der Waals surface area contributed by atoms with Crippen LogP contribution >= 0.6 is 0 Å². The lowest BCUT2D eigenvalue weighted by molar-refractivity contribution is -0.321. The van der Waals surface area contributed by atoms with E-state index in [-0.39, 0.29) is 17.6 Å². The maximum atomic E-state index is 11.8. The number of carboxylic acid groups (broad SMARTS) is 1. The summed E-state index contributed by atoms with van der Waals surface area (Å²) in [6.07, 6.45) is 4.24. The van der Waals surface area contributed by atoms with Crippen LogP contribution in [0.4, 0.5) is 0 Å². The number of carbonyl (C=O) groups excluding carboxylic acids is 2. The van der Waals surface area contributed by atoms with E-state index >= 15 is 0 Å². The summed E-state index contributed by atoms with van der Waals surface area (Å²) in [4.78, 5) is 23.0. The maximum absolute atomic E-state index is 11.8. The number of ketones is 1. The lowest BCUT2D eigenvalue weighted by atomic mass is 9.64. The van der Waals surface area contributed by atoms with Crippen molar-refractivity contribution in [3.8, 4) is 0 Å². The summed E-state index contributed by atoms with van der Waals surface area (Å²) in [6.45, 7) is 5.22. The quantitative estimate of drug-likeness (QED) is 0.729. The molecule has 1 fully saturated rings. The van der Waals surface area contributed by atoms with Gasteiger partial charge in [-0.25, -0.2) is 0 Å². The molecule has 0 aromatic carbocycles. The molecule has 0 aromatic rings. The molecule has 0 N–H and O–H groups in total. The first kappa shape index (κ1) is 13.2. The van der Waals surface area contributed by atoms with Crippen LogP contribution in [0, 0.1) is 17.3 Å². The van der Waals surface area contributed by atoms with Crippen LogP contribution < -0.4 is 5.11 Å². The Morgan fingerprint density at radius 2 is 1.81 bits per heavy atom. The number of hydrogen-bond acceptors (Lipinski definition) is 3. The van der Waals surface area contributed by atoms with Crippen LogP contribution in [-0.4, -0.2) is 11.8 Å². The minimum absolute atomic E-state index is 0.0568. The van der Waals surface area contributed by atoms with E-state index in [1.54, 1.807) is 13.8 Å². The van der Waals surface area contributed by atoms with Gasteiger partial charge in [0.15, 0.2) is 0 Å². The molecule has 0 radical (unpaired) electrons. The predicted octanol–water partition coefficient (Wildman–Crippen LogP) is 1.55. The van der Waals surface area contributed by atoms with Crippen LogP contribution in [-0.2, 0) is 9.59 Å². The fourth-order valence-electron chi connectivity index (χ4n) is 2.79. The van der Waals surface area contributed by atoms with Crippen molar-refractivity contribution < 1.29 is 14.7 Å². The second kappa shape index (κ2) is 4.98. The maximum Gasteiger partial charge on any atom is 0.136 e. The molecule has 16 heavy (non-hydrogen) atoms. The van der Waals surface area contributed by atoms with Crippen molar-refractivity contribution in [1.82, 2.24) is 0 Å². The zero-order valence-corrected chi connectivity index (χ0v) is 10.4. The molecule has 92 valence electrons. The monoisotopic (exact) mass is 225 g/mol. The Labute approximate surface area is 97.2 Å². The molecule has 1 aliphatic rings. The molecule has 1 rings (SSSR count). The van der Waals surface area contributed by atoms with E-state index in [1.165, 1.54) is 0 Å². The molecule has 0 aliphatic heterocycles. The Bertz CT molecular complexity index is 281. The SMILES string of the molecule is CCC(=O)[C@@H]1CCCC[C@H]1C(C)(C)C(=O)[O-]. The molecule has 0 unspecified atom stereocenters. The molecule has 0 amide bonds. The van der Waals surface area contributed by atoms with Crippen molar-refractivity contribution in [2.24, 2.45) is 17.3 Å². The van der Waals surface area contributed by atoms with Gasteiger partial charge in [-0.3, -0.25) is 4.79 Å². The summed E-state index contributed by atoms with van der Waals surface area (Å²) in [5.41, 5.74) is -0.893. The van der Waals surface area contributed by atoms with Gasteiger partial charge in [0, 0.05) is 23.7 Å². The van der Waals surface area contributed by atoms with Crippen LogP contribution in [0.15, 0.2) is 0 Å². The van der Waals surface area contributed by atoms with E-state index in [0.717, 1.165) is 25.7 Å². The molecule has 2 atom stereocenters. The van der Waals surface area contributed by atoms with Crippen LogP contribution in [0.2, 0.25) is 0 Å². The Kier molecular flexibility index (Phi) is 4.11. The molecular formula is C13H21O3-. The molecule has 0 heterocycles. The van der Waals surface area contributed by atoms with Crippen LogP contribution in [0.1, 0.15) is 52.9 Å². The standard InChI is InChI=1S/C13H22O3/c1-4-11(14)9-7-5-6-8-10(9)13(2,3)12(15)16/h9-10H,4-8H2,1-3H3,(H,15,16)/p-1/t9-,10-/m1/s1. The van der Waals surface area contributed by atoms with E-state index in [0.29, 0.717) is 6.42 Å². The normalized spacial score (nSPS) is 26.4. The van der Waals surface area contributed by atoms with Gasteiger partial charge in [0.05, 0.1) is 0 Å². The molecule has 3 heteroatoms. The van der Waals surface area contributed by atoms with E-state index in [1.807, 2.05) is 6.92 Å². The van der Waals surface area contributed by atoms with Gasteiger partial charge in [0.25, 0.3) is 0 Å². The zero-order valence-electron chi connectivity index (χ0n) is 10.4. The third-order valence-corrected chi connectivity index (χ3v) is 3.98. The smallest absolute Gasteiger partial charge is 0.136 e.